The fourth-order valence-corrected chi connectivity index (χ4v) is 1.81. The van der Waals surface area contributed by atoms with Gasteiger partial charge in [0.2, 0.25) is 5.75 Å². The van der Waals surface area contributed by atoms with Crippen LogP contribution in [-0.2, 0) is 0 Å². The summed E-state index contributed by atoms with van der Waals surface area (Å²) in [6.45, 7) is 0. The average molecular weight is 348 g/mol. The van der Waals surface area contributed by atoms with Gasteiger partial charge in [-0.2, -0.15) is 0 Å². The number of aromatic nitrogens is 1. The average Bonchev–Trinajstić information content (AvgIpc) is 2.33. The Kier molecular flexibility index (Phi) is 3.96. The van der Waals surface area contributed by atoms with Crippen molar-refractivity contribution in [3.63, 3.8) is 0 Å². The van der Waals surface area contributed by atoms with Gasteiger partial charge in [0.05, 0.1) is 9.40 Å². The molecule has 1 heterocycles. The molecule has 0 saturated carbocycles. The molecular weight excluding hydrogens is 342 g/mol. The fourth-order valence-electron chi connectivity index (χ4n) is 1.32. The number of pyridine rings is 1. The first-order chi connectivity index (χ1) is 8.97. The summed E-state index contributed by atoms with van der Waals surface area (Å²) in [5, 5.41) is 11.1. The van der Waals surface area contributed by atoms with Crippen LogP contribution >= 0.6 is 27.5 Å². The molecule has 0 N–H and O–H groups in total. The van der Waals surface area contributed by atoms with Crippen LogP contribution in [0.4, 0.5) is 10.1 Å². The van der Waals surface area contributed by atoms with E-state index >= 15 is 0 Å². The molecule has 0 radical (unpaired) electrons. The Balaban J connectivity index is 2.44. The molecule has 1 aromatic carbocycles. The molecule has 0 aliphatic carbocycles. The van der Waals surface area contributed by atoms with Crippen molar-refractivity contribution in [2.24, 2.45) is 0 Å². The van der Waals surface area contributed by atoms with Crippen molar-refractivity contribution < 1.29 is 14.1 Å². The summed E-state index contributed by atoms with van der Waals surface area (Å²) in [5.74, 6) is -0.654. The number of hydrogen-bond donors (Lipinski definition) is 0. The summed E-state index contributed by atoms with van der Waals surface area (Å²) in [6, 6.07) is 4.78. The maximum Gasteiger partial charge on any atom is 0.312 e. The monoisotopic (exact) mass is 346 g/mol. The SMILES string of the molecule is O=[N+]([O-])c1cc(Br)c(F)cc1Oc1ccnc(Cl)c1. The molecule has 19 heavy (non-hydrogen) atoms. The van der Waals surface area contributed by atoms with Gasteiger partial charge in [0.25, 0.3) is 0 Å². The molecule has 0 spiro atoms. The first kappa shape index (κ1) is 13.7. The second-order valence-corrected chi connectivity index (χ2v) is 4.65. The normalized spacial score (nSPS) is 10.3. The third-order valence-electron chi connectivity index (χ3n) is 2.12. The summed E-state index contributed by atoms with van der Waals surface area (Å²) in [4.78, 5) is 14.0. The van der Waals surface area contributed by atoms with E-state index in [9.17, 15) is 14.5 Å². The van der Waals surface area contributed by atoms with Gasteiger partial charge in [-0.15, -0.1) is 0 Å². The minimum absolute atomic E-state index is 0.0145. The lowest BCUT2D eigenvalue weighted by Crippen LogP contribution is -1.95. The number of ether oxygens (including phenoxy) is 1. The maximum absolute atomic E-state index is 13.4. The molecule has 0 unspecified atom stereocenters. The first-order valence-corrected chi connectivity index (χ1v) is 6.07. The Hall–Kier alpha value is -1.73. The lowest BCUT2D eigenvalue weighted by atomic mass is 10.3. The van der Waals surface area contributed by atoms with Gasteiger partial charge < -0.3 is 4.74 Å². The third kappa shape index (κ3) is 3.18. The molecule has 0 bridgehead atoms. The van der Waals surface area contributed by atoms with Crippen LogP contribution < -0.4 is 4.74 Å². The highest BCUT2D eigenvalue weighted by molar-refractivity contribution is 9.10. The summed E-state index contributed by atoms with van der Waals surface area (Å²) in [6.07, 6.45) is 1.37. The first-order valence-electron chi connectivity index (χ1n) is 4.90. The van der Waals surface area contributed by atoms with Gasteiger partial charge in [-0.05, 0) is 22.0 Å². The van der Waals surface area contributed by atoms with Crippen LogP contribution in [0.25, 0.3) is 0 Å². The summed E-state index contributed by atoms with van der Waals surface area (Å²) >= 11 is 8.54. The van der Waals surface area contributed by atoms with E-state index in [1.54, 1.807) is 0 Å². The number of hydrogen-bond acceptors (Lipinski definition) is 4. The highest BCUT2D eigenvalue weighted by atomic mass is 79.9. The molecule has 5 nitrogen and oxygen atoms in total. The fraction of sp³-hybridized carbons (Fsp3) is 0. The molecule has 2 aromatic rings. The standard InChI is InChI=1S/C11H5BrClFN2O3/c12-7-4-9(16(17)18)10(5-8(7)14)19-6-1-2-15-11(13)3-6/h1-5H. The molecule has 1 aromatic heterocycles. The Morgan fingerprint density at radius 3 is 2.79 bits per heavy atom. The lowest BCUT2D eigenvalue weighted by molar-refractivity contribution is -0.385. The Labute approximate surface area is 120 Å². The largest absolute Gasteiger partial charge is 0.450 e. The number of nitro benzene ring substituents is 1. The summed E-state index contributed by atoms with van der Waals surface area (Å²) in [7, 11) is 0. The molecule has 0 atom stereocenters. The quantitative estimate of drug-likeness (QED) is 0.471. The van der Waals surface area contributed by atoms with Crippen LogP contribution in [0.15, 0.2) is 34.9 Å². The van der Waals surface area contributed by atoms with Crippen LogP contribution in [-0.4, -0.2) is 9.91 Å². The van der Waals surface area contributed by atoms with Gasteiger partial charge in [-0.3, -0.25) is 10.1 Å². The van der Waals surface area contributed by atoms with E-state index in [-0.39, 0.29) is 26.8 Å². The van der Waals surface area contributed by atoms with E-state index in [0.717, 1.165) is 12.1 Å². The topological polar surface area (TPSA) is 65.3 Å². The smallest absolute Gasteiger partial charge is 0.312 e. The van der Waals surface area contributed by atoms with Gasteiger partial charge in [-0.1, -0.05) is 11.6 Å². The Morgan fingerprint density at radius 2 is 2.16 bits per heavy atom. The van der Waals surface area contributed by atoms with Gasteiger partial charge in [-0.25, -0.2) is 9.37 Å². The van der Waals surface area contributed by atoms with E-state index in [1.807, 2.05) is 0 Å². The van der Waals surface area contributed by atoms with Crippen LogP contribution in [0, 0.1) is 15.9 Å². The molecule has 0 amide bonds. The molecule has 0 aliphatic heterocycles. The van der Waals surface area contributed by atoms with E-state index in [4.69, 9.17) is 16.3 Å². The van der Waals surface area contributed by atoms with Gasteiger partial charge in [0.1, 0.15) is 16.7 Å². The van der Waals surface area contributed by atoms with Crippen LogP contribution in [0.3, 0.4) is 0 Å². The van der Waals surface area contributed by atoms with Crippen LogP contribution in [0.2, 0.25) is 5.15 Å². The lowest BCUT2D eigenvalue weighted by Gasteiger charge is -2.07. The van der Waals surface area contributed by atoms with Crippen molar-refractivity contribution in [3.8, 4) is 11.5 Å². The minimum Gasteiger partial charge on any atom is -0.450 e. The third-order valence-corrected chi connectivity index (χ3v) is 2.94. The highest BCUT2D eigenvalue weighted by Gasteiger charge is 2.19. The maximum atomic E-state index is 13.4. The van der Waals surface area contributed by atoms with E-state index < -0.39 is 10.7 Å². The van der Waals surface area contributed by atoms with Gasteiger partial charge in [0, 0.05) is 24.4 Å². The van der Waals surface area contributed by atoms with E-state index in [2.05, 4.69) is 20.9 Å². The predicted octanol–water partition coefficient (Wildman–Crippen LogP) is 4.34. The molecule has 98 valence electrons. The minimum atomic E-state index is -0.666. The van der Waals surface area contributed by atoms with Crippen molar-refractivity contribution in [2.75, 3.05) is 0 Å². The van der Waals surface area contributed by atoms with Crippen molar-refractivity contribution in [3.05, 3.63) is 56.0 Å². The van der Waals surface area contributed by atoms with E-state index in [0.29, 0.717) is 0 Å². The van der Waals surface area contributed by atoms with Gasteiger partial charge in [0.15, 0.2) is 0 Å². The van der Waals surface area contributed by atoms with Gasteiger partial charge >= 0.3 is 5.69 Å². The number of benzene rings is 1. The van der Waals surface area contributed by atoms with Crippen LogP contribution in [0.5, 0.6) is 11.5 Å². The van der Waals surface area contributed by atoms with Crippen molar-refractivity contribution in [1.82, 2.24) is 4.98 Å². The summed E-state index contributed by atoms with van der Waals surface area (Å²) in [5.41, 5.74) is -0.360. The number of rotatable bonds is 3. The molecule has 8 heteroatoms. The molecule has 0 fully saturated rings. The Bertz CT molecular complexity index is 654. The van der Waals surface area contributed by atoms with E-state index in [1.165, 1.54) is 18.3 Å². The highest BCUT2D eigenvalue weighted by Crippen LogP contribution is 2.35. The van der Waals surface area contributed by atoms with Crippen molar-refractivity contribution >= 4 is 33.2 Å². The second-order valence-electron chi connectivity index (χ2n) is 3.41. The zero-order valence-corrected chi connectivity index (χ0v) is 11.5. The van der Waals surface area contributed by atoms with Crippen LogP contribution in [0.1, 0.15) is 0 Å². The van der Waals surface area contributed by atoms with Crippen molar-refractivity contribution in [1.29, 1.82) is 0 Å². The van der Waals surface area contributed by atoms with Crippen molar-refractivity contribution in [2.45, 2.75) is 0 Å². The number of nitro groups is 1. The number of nitrogens with zero attached hydrogens (tertiary/aromatic N) is 2. The zero-order chi connectivity index (χ0) is 14.0. The summed E-state index contributed by atoms with van der Waals surface area (Å²) < 4.78 is 18.7. The Morgan fingerprint density at radius 1 is 1.42 bits per heavy atom. The molecular formula is C11H5BrClFN2O3. The number of halogens is 3. The molecule has 0 saturated heterocycles. The zero-order valence-electron chi connectivity index (χ0n) is 9.14. The molecule has 0 aliphatic rings. The predicted molar refractivity (Wildman–Crippen MR) is 70.1 cm³/mol. The second kappa shape index (κ2) is 5.50. The molecule has 2 rings (SSSR count).